The first-order chi connectivity index (χ1) is 8.58. The van der Waals surface area contributed by atoms with Gasteiger partial charge in [0.1, 0.15) is 0 Å². The molecule has 0 saturated carbocycles. The Bertz CT molecular complexity index is 552. The van der Waals surface area contributed by atoms with E-state index < -0.39 is 6.09 Å². The number of hydrogen-bond acceptors (Lipinski definition) is 1. The summed E-state index contributed by atoms with van der Waals surface area (Å²) < 4.78 is 0. The van der Waals surface area contributed by atoms with Gasteiger partial charge in [0.2, 0.25) is 0 Å². The molecule has 0 unspecified atom stereocenters. The van der Waals surface area contributed by atoms with Crippen molar-refractivity contribution < 1.29 is 9.90 Å². The van der Waals surface area contributed by atoms with Crippen molar-refractivity contribution in [3.63, 3.8) is 0 Å². The van der Waals surface area contributed by atoms with Gasteiger partial charge in [-0.05, 0) is 30.3 Å². The Morgan fingerprint density at radius 1 is 0.944 bits per heavy atom. The third-order valence-corrected chi connectivity index (χ3v) is 2.75. The summed E-state index contributed by atoms with van der Waals surface area (Å²) in [5, 5.41) is 10.1. The average Bonchev–Trinajstić information content (AvgIpc) is 2.28. The van der Waals surface area contributed by atoms with Crippen molar-refractivity contribution in [2.24, 2.45) is 0 Å². The number of carbonyl (C=O) groups is 1. The lowest BCUT2D eigenvalue weighted by atomic mass is 10.2. The number of hydrogen-bond donors (Lipinski definition) is 1. The zero-order valence-corrected chi connectivity index (χ0v) is 10.7. The van der Waals surface area contributed by atoms with Crippen LogP contribution in [0.3, 0.4) is 0 Å². The maximum absolute atomic E-state index is 11.4. The molecule has 2 aromatic carbocycles. The molecule has 18 heavy (non-hydrogen) atoms. The fourth-order valence-electron chi connectivity index (χ4n) is 1.62. The van der Waals surface area contributed by atoms with Gasteiger partial charge >= 0.3 is 6.09 Å². The third kappa shape index (κ3) is 2.75. The quantitative estimate of drug-likeness (QED) is 0.858. The van der Waals surface area contributed by atoms with E-state index in [2.05, 4.69) is 0 Å². The Morgan fingerprint density at radius 2 is 1.50 bits per heavy atom. The molecule has 1 amide bonds. The molecule has 0 atom stereocenters. The van der Waals surface area contributed by atoms with Gasteiger partial charge in [-0.1, -0.05) is 41.4 Å². The second-order valence-electron chi connectivity index (χ2n) is 3.58. The molecule has 0 heterocycles. The molecule has 2 rings (SSSR count). The van der Waals surface area contributed by atoms with Gasteiger partial charge in [-0.2, -0.15) is 0 Å². The summed E-state index contributed by atoms with van der Waals surface area (Å²) in [5.74, 6) is 0. The highest BCUT2D eigenvalue weighted by Gasteiger charge is 2.17. The van der Waals surface area contributed by atoms with E-state index in [1.807, 2.05) is 6.07 Å². The standard InChI is InChI=1S/C13H9Cl2NO2/c14-9-6-10(15)8-12(7-9)16(13(17)18)11-4-2-1-3-5-11/h1-8H,(H,17,18). The Hall–Kier alpha value is -1.71. The van der Waals surface area contributed by atoms with Gasteiger partial charge in [0, 0.05) is 10.0 Å². The molecule has 0 aliphatic heterocycles. The van der Waals surface area contributed by atoms with Crippen molar-refractivity contribution in [3.05, 3.63) is 58.6 Å². The highest BCUT2D eigenvalue weighted by atomic mass is 35.5. The molecule has 0 saturated heterocycles. The lowest BCUT2D eigenvalue weighted by Gasteiger charge is -2.19. The van der Waals surface area contributed by atoms with Crippen LogP contribution in [0.15, 0.2) is 48.5 Å². The van der Waals surface area contributed by atoms with E-state index in [0.717, 1.165) is 4.90 Å². The first-order valence-corrected chi connectivity index (χ1v) is 5.88. The first kappa shape index (κ1) is 12.7. The highest BCUT2D eigenvalue weighted by molar-refractivity contribution is 6.35. The molecule has 0 fully saturated rings. The average molecular weight is 282 g/mol. The van der Waals surface area contributed by atoms with Gasteiger partial charge in [0.05, 0.1) is 11.4 Å². The number of anilines is 2. The number of para-hydroxylation sites is 1. The molecule has 0 aliphatic rings. The second kappa shape index (κ2) is 5.29. The summed E-state index contributed by atoms with van der Waals surface area (Å²) in [6.07, 6.45) is -1.10. The number of nitrogens with zero attached hydrogens (tertiary/aromatic N) is 1. The van der Waals surface area contributed by atoms with Crippen LogP contribution in [0.5, 0.6) is 0 Å². The molecule has 3 nitrogen and oxygen atoms in total. The maximum atomic E-state index is 11.4. The van der Waals surface area contributed by atoms with Crippen molar-refractivity contribution in [2.75, 3.05) is 4.90 Å². The Morgan fingerprint density at radius 3 is 2.00 bits per heavy atom. The molecule has 92 valence electrons. The lowest BCUT2D eigenvalue weighted by Crippen LogP contribution is -2.23. The molecule has 0 aliphatic carbocycles. The van der Waals surface area contributed by atoms with Crippen molar-refractivity contribution in [1.82, 2.24) is 0 Å². The smallest absolute Gasteiger partial charge is 0.416 e. The molecule has 1 N–H and O–H groups in total. The fraction of sp³-hybridized carbons (Fsp3) is 0. The van der Waals surface area contributed by atoms with Gasteiger partial charge in [-0.25, -0.2) is 9.69 Å². The second-order valence-corrected chi connectivity index (χ2v) is 4.45. The van der Waals surface area contributed by atoms with Crippen LogP contribution in [0.4, 0.5) is 16.2 Å². The summed E-state index contributed by atoms with van der Waals surface area (Å²) in [6.45, 7) is 0. The monoisotopic (exact) mass is 281 g/mol. The Labute approximate surface area is 114 Å². The number of halogens is 2. The van der Waals surface area contributed by atoms with Crippen LogP contribution in [0.2, 0.25) is 10.0 Å². The van der Waals surface area contributed by atoms with Crippen molar-refractivity contribution >= 4 is 40.7 Å². The van der Waals surface area contributed by atoms with Crippen LogP contribution in [0.25, 0.3) is 0 Å². The normalized spacial score (nSPS) is 10.1. The molecular formula is C13H9Cl2NO2. The number of benzene rings is 2. The van der Waals surface area contributed by atoms with Crippen LogP contribution in [0.1, 0.15) is 0 Å². The molecule has 5 heteroatoms. The van der Waals surface area contributed by atoms with Crippen molar-refractivity contribution in [1.29, 1.82) is 0 Å². The van der Waals surface area contributed by atoms with Crippen LogP contribution in [-0.2, 0) is 0 Å². The van der Waals surface area contributed by atoms with E-state index in [4.69, 9.17) is 23.2 Å². The van der Waals surface area contributed by atoms with E-state index in [9.17, 15) is 9.90 Å². The third-order valence-electron chi connectivity index (χ3n) is 2.31. The van der Waals surface area contributed by atoms with Crippen molar-refractivity contribution in [3.8, 4) is 0 Å². The Kier molecular flexibility index (Phi) is 3.75. The maximum Gasteiger partial charge on any atom is 0.416 e. The van der Waals surface area contributed by atoms with Crippen molar-refractivity contribution in [2.45, 2.75) is 0 Å². The zero-order valence-electron chi connectivity index (χ0n) is 9.18. The van der Waals surface area contributed by atoms with Gasteiger partial charge in [0.15, 0.2) is 0 Å². The van der Waals surface area contributed by atoms with Crippen LogP contribution < -0.4 is 4.90 Å². The summed E-state index contributed by atoms with van der Waals surface area (Å²) in [6, 6.07) is 13.4. The largest absolute Gasteiger partial charge is 0.464 e. The van der Waals surface area contributed by atoms with E-state index >= 15 is 0 Å². The van der Waals surface area contributed by atoms with E-state index in [1.165, 1.54) is 0 Å². The number of carboxylic acid groups (broad SMARTS) is 1. The minimum atomic E-state index is -1.10. The fourth-order valence-corrected chi connectivity index (χ4v) is 2.13. The summed E-state index contributed by atoms with van der Waals surface area (Å²) in [7, 11) is 0. The molecule has 0 radical (unpaired) electrons. The lowest BCUT2D eigenvalue weighted by molar-refractivity contribution is 0.205. The van der Waals surface area contributed by atoms with Crippen LogP contribution >= 0.6 is 23.2 Å². The van der Waals surface area contributed by atoms with E-state index in [-0.39, 0.29) is 0 Å². The van der Waals surface area contributed by atoms with Crippen LogP contribution in [0, 0.1) is 0 Å². The minimum Gasteiger partial charge on any atom is -0.464 e. The number of rotatable bonds is 2. The topological polar surface area (TPSA) is 40.5 Å². The SMILES string of the molecule is O=C(O)N(c1ccccc1)c1cc(Cl)cc(Cl)c1. The van der Waals surface area contributed by atoms with Gasteiger partial charge in [-0.15, -0.1) is 0 Å². The minimum absolute atomic E-state index is 0.389. The molecule has 0 aromatic heterocycles. The molecule has 2 aromatic rings. The summed E-state index contributed by atoms with van der Waals surface area (Å²) in [5.41, 5.74) is 0.939. The Balaban J connectivity index is 2.52. The molecule has 0 spiro atoms. The highest BCUT2D eigenvalue weighted by Crippen LogP contribution is 2.30. The first-order valence-electron chi connectivity index (χ1n) is 5.12. The molecular weight excluding hydrogens is 273 g/mol. The summed E-state index contributed by atoms with van der Waals surface area (Å²) in [4.78, 5) is 12.5. The van der Waals surface area contributed by atoms with Gasteiger partial charge < -0.3 is 5.11 Å². The number of amides is 1. The zero-order chi connectivity index (χ0) is 13.1. The van der Waals surface area contributed by atoms with Gasteiger partial charge in [-0.3, -0.25) is 0 Å². The predicted molar refractivity (Wildman–Crippen MR) is 73.1 cm³/mol. The van der Waals surface area contributed by atoms with Gasteiger partial charge in [0.25, 0.3) is 0 Å². The van der Waals surface area contributed by atoms with E-state index in [0.29, 0.717) is 21.4 Å². The van der Waals surface area contributed by atoms with Crippen LogP contribution in [-0.4, -0.2) is 11.2 Å². The molecule has 0 bridgehead atoms. The predicted octanol–water partition coefficient (Wildman–Crippen LogP) is 4.81. The van der Waals surface area contributed by atoms with E-state index in [1.54, 1.807) is 42.5 Å². The summed E-state index contributed by atoms with van der Waals surface area (Å²) >= 11 is 11.8.